The van der Waals surface area contributed by atoms with Gasteiger partial charge in [0.05, 0.1) is 30.5 Å². The first kappa shape index (κ1) is 17.5. The van der Waals surface area contributed by atoms with E-state index in [1.165, 1.54) is 10.8 Å². The van der Waals surface area contributed by atoms with Gasteiger partial charge in [-0.25, -0.2) is 0 Å². The molecule has 0 radical (unpaired) electrons. The predicted molar refractivity (Wildman–Crippen MR) is 107 cm³/mol. The second-order valence-corrected chi connectivity index (χ2v) is 7.08. The van der Waals surface area contributed by atoms with Gasteiger partial charge in [-0.3, -0.25) is 9.48 Å². The summed E-state index contributed by atoms with van der Waals surface area (Å²) in [6, 6.07) is 16.5. The average Bonchev–Trinajstić information content (AvgIpc) is 3.10. The standard InChI is InChI=1S/C22H23N3O2/c1-14-22(16(3)26)15(2)25(23-14)13-17(27)12-24-20-10-6-4-8-18(20)19-9-5-7-11-21(19)24/h4-11,17,27H,12-13H2,1-3H3/t17-/m0/s1. The highest BCUT2D eigenvalue weighted by Crippen LogP contribution is 2.29. The number of nitrogens with zero attached hydrogens (tertiary/aromatic N) is 3. The van der Waals surface area contributed by atoms with Crippen LogP contribution in [0.25, 0.3) is 21.8 Å². The van der Waals surface area contributed by atoms with E-state index < -0.39 is 6.10 Å². The van der Waals surface area contributed by atoms with E-state index in [-0.39, 0.29) is 5.78 Å². The van der Waals surface area contributed by atoms with Gasteiger partial charge < -0.3 is 9.67 Å². The maximum absolute atomic E-state index is 11.8. The van der Waals surface area contributed by atoms with Crippen molar-refractivity contribution < 1.29 is 9.90 Å². The molecule has 0 spiro atoms. The molecule has 0 aliphatic heterocycles. The fourth-order valence-electron chi connectivity index (χ4n) is 4.05. The molecule has 2 aromatic heterocycles. The molecule has 1 N–H and O–H groups in total. The number of aryl methyl sites for hydroxylation is 1. The number of Topliss-reactive ketones (excluding diaryl/α,β-unsaturated/α-hetero) is 1. The minimum atomic E-state index is -0.623. The summed E-state index contributed by atoms with van der Waals surface area (Å²) in [4.78, 5) is 11.8. The van der Waals surface area contributed by atoms with Crippen LogP contribution in [0.2, 0.25) is 0 Å². The minimum absolute atomic E-state index is 0.00753. The zero-order chi connectivity index (χ0) is 19.1. The van der Waals surface area contributed by atoms with E-state index >= 15 is 0 Å². The van der Waals surface area contributed by atoms with Crippen molar-refractivity contribution in [1.29, 1.82) is 0 Å². The highest BCUT2D eigenvalue weighted by atomic mass is 16.3. The molecule has 0 amide bonds. The van der Waals surface area contributed by atoms with Gasteiger partial charge in [-0.2, -0.15) is 5.10 Å². The SMILES string of the molecule is CC(=O)c1c(C)nn(C[C@@H](O)Cn2c3ccccc3c3ccccc32)c1C. The van der Waals surface area contributed by atoms with E-state index in [4.69, 9.17) is 0 Å². The van der Waals surface area contributed by atoms with Crippen LogP contribution in [-0.2, 0) is 13.1 Å². The van der Waals surface area contributed by atoms with Gasteiger partial charge in [0, 0.05) is 27.5 Å². The number of benzene rings is 2. The first-order chi connectivity index (χ1) is 13.0. The molecule has 0 saturated carbocycles. The summed E-state index contributed by atoms with van der Waals surface area (Å²) in [5.74, 6) is 0.00753. The largest absolute Gasteiger partial charge is 0.389 e. The van der Waals surface area contributed by atoms with Crippen LogP contribution < -0.4 is 0 Å². The Balaban J connectivity index is 1.68. The maximum Gasteiger partial charge on any atom is 0.163 e. The van der Waals surface area contributed by atoms with Gasteiger partial charge >= 0.3 is 0 Å². The number of fused-ring (bicyclic) bond motifs is 3. The molecule has 5 heteroatoms. The third-order valence-corrected chi connectivity index (χ3v) is 5.19. The highest BCUT2D eigenvalue weighted by Gasteiger charge is 2.18. The Hall–Kier alpha value is -2.92. The lowest BCUT2D eigenvalue weighted by atomic mass is 10.1. The minimum Gasteiger partial charge on any atom is -0.389 e. The lowest BCUT2D eigenvalue weighted by molar-refractivity contribution is 0.101. The van der Waals surface area contributed by atoms with E-state index in [1.54, 1.807) is 11.6 Å². The molecule has 138 valence electrons. The van der Waals surface area contributed by atoms with Crippen LogP contribution in [0.4, 0.5) is 0 Å². The number of para-hydroxylation sites is 2. The van der Waals surface area contributed by atoms with Crippen molar-refractivity contribution in [2.24, 2.45) is 0 Å². The van der Waals surface area contributed by atoms with Gasteiger partial charge in [0.25, 0.3) is 0 Å². The molecule has 0 aliphatic rings. The fourth-order valence-corrected chi connectivity index (χ4v) is 4.05. The van der Waals surface area contributed by atoms with Gasteiger partial charge in [-0.1, -0.05) is 36.4 Å². The van der Waals surface area contributed by atoms with E-state index in [2.05, 4.69) is 33.9 Å². The summed E-state index contributed by atoms with van der Waals surface area (Å²) >= 11 is 0. The summed E-state index contributed by atoms with van der Waals surface area (Å²) in [6.07, 6.45) is -0.623. The predicted octanol–water partition coefficient (Wildman–Crippen LogP) is 3.87. The van der Waals surface area contributed by atoms with E-state index in [0.29, 0.717) is 24.3 Å². The number of carbonyl (C=O) groups is 1. The van der Waals surface area contributed by atoms with E-state index in [0.717, 1.165) is 16.7 Å². The van der Waals surface area contributed by atoms with Crippen LogP contribution in [0.1, 0.15) is 28.7 Å². The van der Waals surface area contributed by atoms with E-state index in [1.807, 2.05) is 38.1 Å². The Morgan fingerprint density at radius 2 is 1.56 bits per heavy atom. The Morgan fingerprint density at radius 3 is 2.07 bits per heavy atom. The monoisotopic (exact) mass is 361 g/mol. The van der Waals surface area contributed by atoms with Crippen LogP contribution in [0, 0.1) is 13.8 Å². The van der Waals surface area contributed by atoms with Gasteiger partial charge in [0.15, 0.2) is 5.78 Å². The van der Waals surface area contributed by atoms with Gasteiger partial charge in [-0.15, -0.1) is 0 Å². The number of aromatic nitrogens is 3. The molecule has 5 nitrogen and oxygen atoms in total. The lowest BCUT2D eigenvalue weighted by Crippen LogP contribution is -2.23. The van der Waals surface area contributed by atoms with Crippen molar-refractivity contribution in [3.8, 4) is 0 Å². The van der Waals surface area contributed by atoms with Crippen LogP contribution in [-0.4, -0.2) is 31.3 Å². The topological polar surface area (TPSA) is 60.1 Å². The van der Waals surface area contributed by atoms with Crippen LogP contribution in [0.5, 0.6) is 0 Å². The average molecular weight is 361 g/mol. The van der Waals surface area contributed by atoms with Crippen molar-refractivity contribution in [3.63, 3.8) is 0 Å². The third kappa shape index (κ3) is 2.94. The summed E-state index contributed by atoms with van der Waals surface area (Å²) in [5.41, 5.74) is 4.38. The molecular formula is C22H23N3O2. The molecule has 2 heterocycles. The zero-order valence-electron chi connectivity index (χ0n) is 15.8. The second-order valence-electron chi connectivity index (χ2n) is 7.08. The summed E-state index contributed by atoms with van der Waals surface area (Å²) in [7, 11) is 0. The molecule has 0 saturated heterocycles. The molecule has 27 heavy (non-hydrogen) atoms. The molecule has 4 rings (SSSR count). The molecule has 4 aromatic rings. The normalized spacial score (nSPS) is 12.7. The summed E-state index contributed by atoms with van der Waals surface area (Å²) in [5, 5.41) is 17.6. The molecule has 0 fully saturated rings. The molecule has 0 unspecified atom stereocenters. The Kier molecular flexibility index (Phi) is 4.32. The fraction of sp³-hybridized carbons (Fsp3) is 0.273. The molecule has 0 aliphatic carbocycles. The van der Waals surface area contributed by atoms with Crippen molar-refractivity contribution in [1.82, 2.24) is 14.3 Å². The quantitative estimate of drug-likeness (QED) is 0.549. The molecule has 2 aromatic carbocycles. The van der Waals surface area contributed by atoms with Gasteiger partial charge in [0.1, 0.15) is 0 Å². The highest BCUT2D eigenvalue weighted by molar-refractivity contribution is 6.07. The molecule has 1 atom stereocenters. The third-order valence-electron chi connectivity index (χ3n) is 5.19. The first-order valence-electron chi connectivity index (χ1n) is 9.16. The number of rotatable bonds is 5. The first-order valence-corrected chi connectivity index (χ1v) is 9.16. The summed E-state index contributed by atoms with van der Waals surface area (Å²) < 4.78 is 3.90. The Morgan fingerprint density at radius 1 is 1.00 bits per heavy atom. The number of aliphatic hydroxyl groups is 1. The Labute approximate surface area is 157 Å². The van der Waals surface area contributed by atoms with E-state index in [9.17, 15) is 9.90 Å². The summed E-state index contributed by atoms with van der Waals surface area (Å²) in [6.45, 7) is 6.07. The van der Waals surface area contributed by atoms with Crippen molar-refractivity contribution in [2.75, 3.05) is 0 Å². The van der Waals surface area contributed by atoms with Gasteiger partial charge in [0.2, 0.25) is 0 Å². The molecular weight excluding hydrogens is 338 g/mol. The van der Waals surface area contributed by atoms with Crippen LogP contribution in [0.3, 0.4) is 0 Å². The smallest absolute Gasteiger partial charge is 0.163 e. The maximum atomic E-state index is 11.8. The Bertz CT molecular complexity index is 1100. The number of hydrogen-bond donors (Lipinski definition) is 1. The van der Waals surface area contributed by atoms with Crippen LogP contribution in [0.15, 0.2) is 48.5 Å². The van der Waals surface area contributed by atoms with Crippen molar-refractivity contribution >= 4 is 27.6 Å². The van der Waals surface area contributed by atoms with Crippen molar-refractivity contribution in [2.45, 2.75) is 40.0 Å². The number of carbonyl (C=O) groups excluding carboxylic acids is 1. The van der Waals surface area contributed by atoms with Crippen LogP contribution >= 0.6 is 0 Å². The van der Waals surface area contributed by atoms with Crippen molar-refractivity contribution in [3.05, 3.63) is 65.5 Å². The number of aliphatic hydroxyl groups excluding tert-OH is 1. The second kappa shape index (κ2) is 6.67. The lowest BCUT2D eigenvalue weighted by Gasteiger charge is -2.15. The zero-order valence-corrected chi connectivity index (χ0v) is 15.8. The number of ketones is 1. The molecule has 0 bridgehead atoms. The number of hydrogen-bond acceptors (Lipinski definition) is 3. The van der Waals surface area contributed by atoms with Gasteiger partial charge in [-0.05, 0) is 32.9 Å².